The molecule has 2 saturated carbocycles. The monoisotopic (exact) mass is 815 g/mol. The number of alkyl carbamates (subject to hydrolysis) is 1. The third-order valence-corrected chi connectivity index (χ3v) is 13.2. The average molecular weight is 816 g/mol. The zero-order valence-electron chi connectivity index (χ0n) is 34.5. The third kappa shape index (κ3) is 9.48. The zero-order chi connectivity index (χ0) is 40.8. The summed E-state index contributed by atoms with van der Waals surface area (Å²) in [6, 6.07) is 6.06. The van der Waals surface area contributed by atoms with E-state index in [1.165, 1.54) is 4.90 Å². The number of hydrogen-bond donors (Lipinski definition) is 2. The van der Waals surface area contributed by atoms with E-state index in [0.717, 1.165) is 99.6 Å². The molecule has 2 N–H and O–H groups in total. The Kier molecular flexibility index (Phi) is 13.2. The lowest BCUT2D eigenvalue weighted by Crippen LogP contribution is -2.67. The van der Waals surface area contributed by atoms with Gasteiger partial charge in [-0.2, -0.15) is 0 Å². The number of rotatable bonds is 6. The van der Waals surface area contributed by atoms with Crippen LogP contribution in [-0.2, 0) is 35.0 Å². The van der Waals surface area contributed by atoms with Crippen molar-refractivity contribution in [2.24, 2.45) is 11.8 Å². The highest BCUT2D eigenvalue weighted by atomic mass is 16.6. The highest BCUT2D eigenvalue weighted by molar-refractivity contribution is 5.95. The number of esters is 1. The summed E-state index contributed by atoms with van der Waals surface area (Å²) in [7, 11) is 0. The van der Waals surface area contributed by atoms with Crippen molar-refractivity contribution in [2.45, 2.75) is 127 Å². The second-order valence-electron chi connectivity index (χ2n) is 17.2. The molecule has 2 saturated heterocycles. The number of morpholine rings is 1. The standard InChI is InChI=1S/C45H61N5O9/c1-2-56-43(53)45-20-19-31(45)14-8-4-3-5-10-18-36-42(52)50-29-32(28-37(50)40(51)48-45)58-41-34(16-9-6-7-13-30-27-38(30)59-44(54)47-36)39(33-15-11-12-17-35(33)46-41)57-26-23-49-21-24-55-25-22-49/h8,11-12,14-15,17,30-32,36-38H,2-7,9-10,13,16,18-29H2,1H3,(H,47,54)(H,48,51). The predicted molar refractivity (Wildman–Crippen MR) is 219 cm³/mol. The van der Waals surface area contributed by atoms with Gasteiger partial charge in [0.2, 0.25) is 17.7 Å². The maximum absolute atomic E-state index is 14.8. The molecule has 3 amide bonds. The number of aromatic nitrogens is 1. The molecule has 14 nitrogen and oxygen atoms in total. The SMILES string of the molecule is CCOC(=O)C12CCC1C=CCCCCCC1NC(=O)OC3CC3CCCCCc3c(nc4ccccc4c3OCCN3CCOCC3)OC3CC(C(=O)N2)N(C3)C1=O. The molecule has 1 aromatic heterocycles. The van der Waals surface area contributed by atoms with Crippen LogP contribution in [0.4, 0.5) is 4.79 Å². The number of ether oxygens (including phenoxy) is 5. The van der Waals surface area contributed by atoms with Crippen LogP contribution in [0.25, 0.3) is 10.9 Å². The molecule has 2 aromatic rings. The van der Waals surface area contributed by atoms with E-state index in [2.05, 4.69) is 21.6 Å². The van der Waals surface area contributed by atoms with Gasteiger partial charge >= 0.3 is 12.1 Å². The first-order chi connectivity index (χ1) is 28.8. The van der Waals surface area contributed by atoms with Crippen molar-refractivity contribution in [1.29, 1.82) is 0 Å². The van der Waals surface area contributed by atoms with Crippen LogP contribution in [0, 0.1) is 11.8 Å². The molecule has 4 aliphatic heterocycles. The zero-order valence-corrected chi connectivity index (χ0v) is 34.5. The summed E-state index contributed by atoms with van der Waals surface area (Å²) in [5.41, 5.74) is 0.390. The topological polar surface area (TPSA) is 158 Å². The van der Waals surface area contributed by atoms with Crippen LogP contribution in [0.2, 0.25) is 0 Å². The van der Waals surface area contributed by atoms with Gasteiger partial charge in [-0.15, -0.1) is 0 Å². The van der Waals surface area contributed by atoms with Crippen molar-refractivity contribution >= 4 is 34.8 Å². The first-order valence-corrected chi connectivity index (χ1v) is 22.3. The first-order valence-electron chi connectivity index (χ1n) is 22.3. The van der Waals surface area contributed by atoms with E-state index in [-0.39, 0.29) is 37.5 Å². The maximum Gasteiger partial charge on any atom is 0.408 e. The van der Waals surface area contributed by atoms with Gasteiger partial charge in [-0.1, -0.05) is 50.0 Å². The molecule has 7 unspecified atom stereocenters. The molecule has 14 heteroatoms. The van der Waals surface area contributed by atoms with Gasteiger partial charge in [-0.05, 0) is 82.8 Å². The lowest BCUT2D eigenvalue weighted by Gasteiger charge is -2.47. The quantitative estimate of drug-likeness (QED) is 0.290. The van der Waals surface area contributed by atoms with Crippen molar-refractivity contribution in [3.63, 3.8) is 0 Å². The third-order valence-electron chi connectivity index (χ3n) is 13.2. The largest absolute Gasteiger partial charge is 0.491 e. The Labute approximate surface area is 347 Å². The smallest absolute Gasteiger partial charge is 0.408 e. The molecule has 0 radical (unpaired) electrons. The number of hydrogen-bond acceptors (Lipinski definition) is 11. The van der Waals surface area contributed by atoms with E-state index in [4.69, 9.17) is 28.7 Å². The van der Waals surface area contributed by atoms with Crippen molar-refractivity contribution in [3.05, 3.63) is 42.0 Å². The Morgan fingerprint density at radius 3 is 2.64 bits per heavy atom. The van der Waals surface area contributed by atoms with Gasteiger partial charge in [-0.3, -0.25) is 14.5 Å². The fraction of sp³-hybridized carbons (Fsp3) is 0.667. The van der Waals surface area contributed by atoms with Gasteiger partial charge in [0, 0.05) is 37.4 Å². The Morgan fingerprint density at radius 2 is 1.81 bits per heavy atom. The minimum absolute atomic E-state index is 0.0890. The van der Waals surface area contributed by atoms with Crippen LogP contribution in [0.15, 0.2) is 36.4 Å². The number of pyridine rings is 1. The Balaban J connectivity index is 1.14. The van der Waals surface area contributed by atoms with Gasteiger partial charge in [0.25, 0.3) is 0 Å². The van der Waals surface area contributed by atoms with Crippen molar-refractivity contribution in [3.8, 4) is 11.6 Å². The lowest BCUT2D eigenvalue weighted by atomic mass is 9.66. The molecule has 7 atom stereocenters. The summed E-state index contributed by atoms with van der Waals surface area (Å²) in [5.74, 6) is -0.00988. The van der Waals surface area contributed by atoms with E-state index in [0.29, 0.717) is 57.3 Å². The minimum Gasteiger partial charge on any atom is -0.491 e. The van der Waals surface area contributed by atoms with Crippen LogP contribution in [0.1, 0.15) is 96.0 Å². The van der Waals surface area contributed by atoms with Crippen molar-refractivity contribution < 1.29 is 42.9 Å². The van der Waals surface area contributed by atoms with Crippen LogP contribution < -0.4 is 20.1 Å². The number of fused-ring (bicyclic) bond motifs is 6. The lowest BCUT2D eigenvalue weighted by molar-refractivity contribution is -0.161. The molecule has 8 rings (SSSR count). The number of carbonyl (C=O) groups excluding carboxylic acids is 4. The highest BCUT2D eigenvalue weighted by Crippen LogP contribution is 2.43. The maximum atomic E-state index is 14.8. The summed E-state index contributed by atoms with van der Waals surface area (Å²) in [6.07, 6.45) is 13.0. The second kappa shape index (κ2) is 18.9. The molecule has 4 fully saturated rings. The molecule has 2 aliphatic carbocycles. The van der Waals surface area contributed by atoms with Gasteiger partial charge in [0.05, 0.1) is 37.4 Å². The van der Waals surface area contributed by atoms with Crippen molar-refractivity contribution in [1.82, 2.24) is 25.4 Å². The highest BCUT2D eigenvalue weighted by Gasteiger charge is 2.56. The number of carbonyl (C=O) groups is 4. The number of benzene rings is 1. The number of para-hydroxylation sites is 1. The molecule has 320 valence electrons. The van der Waals surface area contributed by atoms with Crippen molar-refractivity contribution in [2.75, 3.05) is 52.6 Å². The van der Waals surface area contributed by atoms with Crippen LogP contribution in [0.3, 0.4) is 0 Å². The molecule has 3 bridgehead atoms. The molecular formula is C45H61N5O9. The molecule has 6 aliphatic rings. The number of nitrogens with zero attached hydrogens (tertiary/aromatic N) is 3. The summed E-state index contributed by atoms with van der Waals surface area (Å²) >= 11 is 0. The summed E-state index contributed by atoms with van der Waals surface area (Å²) in [6.45, 7) is 6.43. The van der Waals surface area contributed by atoms with Gasteiger partial charge in [0.15, 0.2) is 0 Å². The average Bonchev–Trinajstić information content (AvgIpc) is 3.82. The Hall–Kier alpha value is -4.43. The fourth-order valence-electron chi connectivity index (χ4n) is 9.57. The molecular weight excluding hydrogens is 755 g/mol. The number of allylic oxidation sites excluding steroid dienone is 1. The minimum atomic E-state index is -1.23. The summed E-state index contributed by atoms with van der Waals surface area (Å²) in [4.78, 5) is 65.4. The van der Waals surface area contributed by atoms with Crippen LogP contribution in [0.5, 0.6) is 11.6 Å². The number of nitrogens with one attached hydrogen (secondary N) is 2. The van der Waals surface area contributed by atoms with Crippen LogP contribution >= 0.6 is 0 Å². The first kappa shape index (κ1) is 41.3. The second-order valence-corrected chi connectivity index (χ2v) is 17.2. The fourth-order valence-corrected chi connectivity index (χ4v) is 9.57. The Morgan fingerprint density at radius 1 is 0.983 bits per heavy atom. The van der Waals surface area contributed by atoms with E-state index >= 15 is 0 Å². The summed E-state index contributed by atoms with van der Waals surface area (Å²) < 4.78 is 30.6. The molecule has 5 heterocycles. The summed E-state index contributed by atoms with van der Waals surface area (Å²) in [5, 5.41) is 6.93. The Bertz CT molecular complexity index is 1870. The van der Waals surface area contributed by atoms with E-state index < -0.39 is 41.7 Å². The van der Waals surface area contributed by atoms with E-state index in [1.807, 2.05) is 30.3 Å². The normalized spacial score (nSPS) is 30.9. The van der Waals surface area contributed by atoms with E-state index in [1.54, 1.807) is 6.92 Å². The van der Waals surface area contributed by atoms with Gasteiger partial charge in [-0.25, -0.2) is 14.6 Å². The predicted octanol–water partition coefficient (Wildman–Crippen LogP) is 5.24. The van der Waals surface area contributed by atoms with Gasteiger partial charge < -0.3 is 39.2 Å². The van der Waals surface area contributed by atoms with E-state index in [9.17, 15) is 19.2 Å². The number of amides is 3. The molecule has 59 heavy (non-hydrogen) atoms. The van der Waals surface area contributed by atoms with Crippen LogP contribution in [-0.4, -0.2) is 121 Å². The van der Waals surface area contributed by atoms with Gasteiger partial charge in [0.1, 0.15) is 42.2 Å². The molecule has 1 aromatic carbocycles. The molecule has 0 spiro atoms.